The summed E-state index contributed by atoms with van der Waals surface area (Å²) in [6.45, 7) is 6.82. The minimum absolute atomic E-state index is 0.581. The second-order valence-electron chi connectivity index (χ2n) is 7.30. The highest BCUT2D eigenvalue weighted by molar-refractivity contribution is 5.80. The summed E-state index contributed by atoms with van der Waals surface area (Å²) in [6, 6.07) is 8.57. The Morgan fingerprint density at radius 3 is 2.54 bits per heavy atom. The van der Waals surface area contributed by atoms with Crippen LogP contribution in [0.2, 0.25) is 0 Å². The van der Waals surface area contributed by atoms with Gasteiger partial charge in [-0.05, 0) is 42.7 Å². The van der Waals surface area contributed by atoms with Crippen molar-refractivity contribution in [2.24, 2.45) is 10.4 Å². The van der Waals surface area contributed by atoms with Crippen molar-refractivity contribution in [1.29, 1.82) is 0 Å². The van der Waals surface area contributed by atoms with Gasteiger partial charge >= 0.3 is 0 Å². The van der Waals surface area contributed by atoms with E-state index in [1.807, 2.05) is 0 Å². The van der Waals surface area contributed by atoms with Crippen molar-refractivity contribution >= 4 is 5.96 Å². The van der Waals surface area contributed by atoms with Gasteiger partial charge in [-0.25, -0.2) is 4.99 Å². The second kappa shape index (κ2) is 8.02. The molecule has 1 aliphatic carbocycles. The Morgan fingerprint density at radius 2 is 1.88 bits per heavy atom. The Morgan fingerprint density at radius 1 is 1.17 bits per heavy atom. The third-order valence-electron chi connectivity index (χ3n) is 5.48. The lowest BCUT2D eigenvalue weighted by Gasteiger charge is -2.26. The third-order valence-corrected chi connectivity index (χ3v) is 5.48. The summed E-state index contributed by atoms with van der Waals surface area (Å²) >= 11 is 0. The molecule has 0 radical (unpaired) electrons. The molecular formula is C20H31N3O. The van der Waals surface area contributed by atoms with Crippen molar-refractivity contribution in [2.75, 3.05) is 26.7 Å². The predicted octanol–water partition coefficient (Wildman–Crippen LogP) is 3.56. The van der Waals surface area contributed by atoms with E-state index >= 15 is 0 Å². The number of methoxy groups -OCH3 is 1. The molecule has 2 fully saturated rings. The standard InChI is InChI=1S/C20H31N3O/c1-3-21-19(23-13-12-20(16-23)10-4-5-11-20)22-14-17-6-8-18(9-7-17)15-24-2/h6-9H,3-5,10-16H2,1-2H3,(H,21,22). The van der Waals surface area contributed by atoms with E-state index in [0.29, 0.717) is 12.0 Å². The highest BCUT2D eigenvalue weighted by Crippen LogP contribution is 2.45. The summed E-state index contributed by atoms with van der Waals surface area (Å²) in [5.41, 5.74) is 3.04. The van der Waals surface area contributed by atoms with E-state index in [9.17, 15) is 0 Å². The summed E-state index contributed by atoms with van der Waals surface area (Å²) < 4.78 is 5.17. The zero-order valence-corrected chi connectivity index (χ0v) is 15.2. The van der Waals surface area contributed by atoms with E-state index < -0.39 is 0 Å². The summed E-state index contributed by atoms with van der Waals surface area (Å²) in [5.74, 6) is 1.09. The number of likely N-dealkylation sites (tertiary alicyclic amines) is 1. The Labute approximate surface area is 146 Å². The van der Waals surface area contributed by atoms with Crippen molar-refractivity contribution < 1.29 is 4.74 Å². The van der Waals surface area contributed by atoms with Crippen LogP contribution in [-0.2, 0) is 17.9 Å². The first-order chi connectivity index (χ1) is 11.7. The maximum Gasteiger partial charge on any atom is 0.194 e. The molecular weight excluding hydrogens is 298 g/mol. The van der Waals surface area contributed by atoms with E-state index in [1.165, 1.54) is 49.8 Å². The molecule has 1 heterocycles. The van der Waals surface area contributed by atoms with Crippen LogP contribution in [0.3, 0.4) is 0 Å². The summed E-state index contributed by atoms with van der Waals surface area (Å²) in [7, 11) is 1.73. The lowest BCUT2D eigenvalue weighted by Crippen LogP contribution is -2.41. The Bertz CT molecular complexity index is 547. The molecule has 0 atom stereocenters. The Kier molecular flexibility index (Phi) is 5.77. The minimum Gasteiger partial charge on any atom is -0.380 e. The van der Waals surface area contributed by atoms with Gasteiger partial charge in [0.25, 0.3) is 0 Å². The number of nitrogens with one attached hydrogen (secondary N) is 1. The minimum atomic E-state index is 0.581. The number of nitrogens with zero attached hydrogens (tertiary/aromatic N) is 2. The average molecular weight is 329 g/mol. The molecule has 2 aliphatic rings. The second-order valence-corrected chi connectivity index (χ2v) is 7.30. The van der Waals surface area contributed by atoms with E-state index in [1.54, 1.807) is 7.11 Å². The molecule has 1 spiro atoms. The highest BCUT2D eigenvalue weighted by atomic mass is 16.5. The fraction of sp³-hybridized carbons (Fsp3) is 0.650. The van der Waals surface area contributed by atoms with Crippen LogP contribution in [0.4, 0.5) is 0 Å². The molecule has 1 aromatic rings. The summed E-state index contributed by atoms with van der Waals surface area (Å²) in [6.07, 6.45) is 6.97. The van der Waals surface area contributed by atoms with Crippen LogP contribution in [0.25, 0.3) is 0 Å². The largest absolute Gasteiger partial charge is 0.380 e. The Hall–Kier alpha value is -1.55. The normalized spacial score (nSPS) is 20.1. The van der Waals surface area contributed by atoms with Gasteiger partial charge in [-0.1, -0.05) is 37.1 Å². The quantitative estimate of drug-likeness (QED) is 0.663. The number of guanidine groups is 1. The van der Waals surface area contributed by atoms with Crippen molar-refractivity contribution in [2.45, 2.75) is 52.2 Å². The van der Waals surface area contributed by atoms with Gasteiger partial charge in [-0.2, -0.15) is 0 Å². The molecule has 1 N–H and O–H groups in total. The molecule has 24 heavy (non-hydrogen) atoms. The first kappa shape index (κ1) is 17.3. The van der Waals surface area contributed by atoms with Crippen molar-refractivity contribution in [3.8, 4) is 0 Å². The lowest BCUT2D eigenvalue weighted by molar-refractivity contribution is 0.185. The summed E-state index contributed by atoms with van der Waals surface area (Å²) in [4.78, 5) is 7.38. The van der Waals surface area contributed by atoms with Crippen LogP contribution in [-0.4, -0.2) is 37.6 Å². The number of ether oxygens (including phenoxy) is 1. The third kappa shape index (κ3) is 4.10. The van der Waals surface area contributed by atoms with E-state index in [2.05, 4.69) is 41.4 Å². The first-order valence-electron chi connectivity index (χ1n) is 9.35. The Balaban J connectivity index is 1.63. The molecule has 4 heteroatoms. The molecule has 1 aliphatic heterocycles. The molecule has 1 saturated heterocycles. The van der Waals surface area contributed by atoms with Crippen LogP contribution < -0.4 is 5.32 Å². The first-order valence-corrected chi connectivity index (χ1v) is 9.35. The number of benzene rings is 1. The molecule has 1 saturated carbocycles. The molecule has 132 valence electrons. The number of hydrogen-bond donors (Lipinski definition) is 1. The molecule has 0 bridgehead atoms. The zero-order chi connectivity index (χ0) is 16.8. The fourth-order valence-electron chi connectivity index (χ4n) is 4.15. The molecule has 4 nitrogen and oxygen atoms in total. The topological polar surface area (TPSA) is 36.9 Å². The van der Waals surface area contributed by atoms with Gasteiger partial charge < -0.3 is 15.0 Å². The lowest BCUT2D eigenvalue weighted by atomic mass is 9.86. The van der Waals surface area contributed by atoms with E-state index in [-0.39, 0.29) is 0 Å². The van der Waals surface area contributed by atoms with Gasteiger partial charge in [0, 0.05) is 26.7 Å². The highest BCUT2D eigenvalue weighted by Gasteiger charge is 2.41. The van der Waals surface area contributed by atoms with Gasteiger partial charge in [-0.15, -0.1) is 0 Å². The van der Waals surface area contributed by atoms with E-state index in [0.717, 1.165) is 25.6 Å². The summed E-state index contributed by atoms with van der Waals surface area (Å²) in [5, 5.41) is 3.49. The maximum atomic E-state index is 5.17. The fourth-order valence-corrected chi connectivity index (χ4v) is 4.15. The number of rotatable bonds is 5. The van der Waals surface area contributed by atoms with Crippen LogP contribution in [0, 0.1) is 5.41 Å². The molecule has 1 aromatic carbocycles. The van der Waals surface area contributed by atoms with E-state index in [4.69, 9.17) is 9.73 Å². The van der Waals surface area contributed by atoms with Gasteiger partial charge in [0.15, 0.2) is 5.96 Å². The number of aliphatic imine (C=N–C) groups is 1. The zero-order valence-electron chi connectivity index (χ0n) is 15.2. The maximum absolute atomic E-state index is 5.17. The van der Waals surface area contributed by atoms with Gasteiger partial charge in [-0.3, -0.25) is 0 Å². The van der Waals surface area contributed by atoms with Gasteiger partial charge in [0.1, 0.15) is 0 Å². The molecule has 0 amide bonds. The van der Waals surface area contributed by atoms with Crippen LogP contribution in [0.15, 0.2) is 29.3 Å². The van der Waals surface area contributed by atoms with Gasteiger partial charge in [0.2, 0.25) is 0 Å². The van der Waals surface area contributed by atoms with Crippen molar-refractivity contribution in [3.05, 3.63) is 35.4 Å². The monoisotopic (exact) mass is 329 g/mol. The SMILES string of the molecule is CCNC(=NCc1ccc(COC)cc1)N1CCC2(CCCC2)C1. The smallest absolute Gasteiger partial charge is 0.194 e. The molecule has 3 rings (SSSR count). The predicted molar refractivity (Wildman–Crippen MR) is 99.1 cm³/mol. The van der Waals surface area contributed by atoms with Crippen LogP contribution in [0.1, 0.15) is 50.2 Å². The van der Waals surface area contributed by atoms with Crippen LogP contribution >= 0.6 is 0 Å². The van der Waals surface area contributed by atoms with Gasteiger partial charge in [0.05, 0.1) is 13.2 Å². The molecule has 0 unspecified atom stereocenters. The molecule has 0 aromatic heterocycles. The van der Waals surface area contributed by atoms with Crippen molar-refractivity contribution in [1.82, 2.24) is 10.2 Å². The van der Waals surface area contributed by atoms with Crippen LogP contribution in [0.5, 0.6) is 0 Å². The van der Waals surface area contributed by atoms with Crippen molar-refractivity contribution in [3.63, 3.8) is 0 Å². The average Bonchev–Trinajstić information content (AvgIpc) is 3.23. The number of hydrogen-bond acceptors (Lipinski definition) is 2.